The van der Waals surface area contributed by atoms with Gasteiger partial charge in [-0.25, -0.2) is 0 Å². The molecular formula is C21H33N5O. The van der Waals surface area contributed by atoms with Gasteiger partial charge in [0.2, 0.25) is 5.91 Å². The van der Waals surface area contributed by atoms with Crippen molar-refractivity contribution >= 4 is 11.9 Å². The van der Waals surface area contributed by atoms with Crippen molar-refractivity contribution in [1.29, 1.82) is 0 Å². The number of rotatable bonds is 5. The Balaban J connectivity index is 1.45. The second kappa shape index (κ2) is 9.22. The summed E-state index contributed by atoms with van der Waals surface area (Å²) in [6.45, 7) is 4.78. The molecule has 6 nitrogen and oxygen atoms in total. The lowest BCUT2D eigenvalue weighted by molar-refractivity contribution is -0.133. The van der Waals surface area contributed by atoms with E-state index in [1.54, 1.807) is 4.90 Å². The standard InChI is InChI=1S/C21H33N5O/c1-22-21(26-15-11-17-8-4-5-9-18(17)16-26)23-12-7-14-25-13-6-10-19(25)20(27)24(2)3/h4-5,8-9,19H,6-7,10-16H2,1-3H3,(H,22,23). The minimum atomic E-state index is 0.0675. The number of likely N-dealkylation sites (tertiary alicyclic amines) is 1. The fourth-order valence-electron chi connectivity index (χ4n) is 4.16. The highest BCUT2D eigenvalue weighted by molar-refractivity contribution is 5.81. The maximum Gasteiger partial charge on any atom is 0.239 e. The van der Waals surface area contributed by atoms with Crippen LogP contribution in [-0.4, -0.2) is 79.9 Å². The molecule has 0 saturated carbocycles. The SMILES string of the molecule is CN=C(NCCCN1CCCC1C(=O)N(C)C)N1CCc2ccccc2C1. The van der Waals surface area contributed by atoms with Crippen molar-refractivity contribution in [3.05, 3.63) is 35.4 Å². The fraction of sp³-hybridized carbons (Fsp3) is 0.619. The molecule has 2 aliphatic heterocycles. The molecule has 148 valence electrons. The van der Waals surface area contributed by atoms with Crippen LogP contribution in [0, 0.1) is 0 Å². The molecule has 2 aliphatic rings. The fourth-order valence-corrected chi connectivity index (χ4v) is 4.16. The van der Waals surface area contributed by atoms with Crippen molar-refractivity contribution in [1.82, 2.24) is 20.0 Å². The van der Waals surface area contributed by atoms with Gasteiger partial charge in [0.05, 0.1) is 6.04 Å². The largest absolute Gasteiger partial charge is 0.356 e. The zero-order valence-corrected chi connectivity index (χ0v) is 16.9. The number of guanidine groups is 1. The second-order valence-corrected chi connectivity index (χ2v) is 7.69. The maximum atomic E-state index is 12.3. The monoisotopic (exact) mass is 371 g/mol. The molecule has 2 heterocycles. The lowest BCUT2D eigenvalue weighted by Gasteiger charge is -2.32. The van der Waals surface area contributed by atoms with E-state index in [-0.39, 0.29) is 11.9 Å². The molecule has 0 aliphatic carbocycles. The van der Waals surface area contributed by atoms with E-state index in [4.69, 9.17) is 0 Å². The number of benzene rings is 1. The van der Waals surface area contributed by atoms with E-state index in [2.05, 4.69) is 44.4 Å². The van der Waals surface area contributed by atoms with Crippen molar-refractivity contribution in [2.75, 3.05) is 47.3 Å². The summed E-state index contributed by atoms with van der Waals surface area (Å²) in [6.07, 6.45) is 4.19. The smallest absolute Gasteiger partial charge is 0.239 e. The Labute approximate surface area is 163 Å². The Hall–Kier alpha value is -2.08. The zero-order valence-electron chi connectivity index (χ0n) is 16.9. The molecule has 1 aromatic carbocycles. The first-order chi connectivity index (χ1) is 13.1. The van der Waals surface area contributed by atoms with Crippen molar-refractivity contribution < 1.29 is 4.79 Å². The van der Waals surface area contributed by atoms with Crippen LogP contribution >= 0.6 is 0 Å². The van der Waals surface area contributed by atoms with Crippen molar-refractivity contribution in [3.8, 4) is 0 Å². The predicted octanol–water partition coefficient (Wildman–Crippen LogP) is 1.56. The third kappa shape index (κ3) is 4.80. The van der Waals surface area contributed by atoms with E-state index >= 15 is 0 Å². The van der Waals surface area contributed by atoms with Gasteiger partial charge in [-0.2, -0.15) is 0 Å². The van der Waals surface area contributed by atoms with E-state index < -0.39 is 0 Å². The van der Waals surface area contributed by atoms with E-state index in [0.717, 1.165) is 64.4 Å². The Morgan fingerprint density at radius 1 is 1.26 bits per heavy atom. The quantitative estimate of drug-likeness (QED) is 0.485. The number of carbonyl (C=O) groups is 1. The van der Waals surface area contributed by atoms with Crippen LogP contribution in [0.2, 0.25) is 0 Å². The van der Waals surface area contributed by atoms with Crippen LogP contribution in [0.25, 0.3) is 0 Å². The van der Waals surface area contributed by atoms with Gasteiger partial charge in [0, 0.05) is 47.3 Å². The summed E-state index contributed by atoms with van der Waals surface area (Å²) >= 11 is 0. The molecular weight excluding hydrogens is 338 g/mol. The number of nitrogens with zero attached hydrogens (tertiary/aromatic N) is 4. The first-order valence-electron chi connectivity index (χ1n) is 10.1. The first kappa shape index (κ1) is 19.7. The maximum absolute atomic E-state index is 12.3. The molecule has 1 aromatic rings. The lowest BCUT2D eigenvalue weighted by atomic mass is 10.0. The number of hydrogen-bond donors (Lipinski definition) is 1. The molecule has 0 bridgehead atoms. The van der Waals surface area contributed by atoms with Crippen molar-refractivity contribution in [2.24, 2.45) is 4.99 Å². The van der Waals surface area contributed by atoms with Crippen molar-refractivity contribution in [2.45, 2.75) is 38.3 Å². The van der Waals surface area contributed by atoms with Crippen LogP contribution in [0.4, 0.5) is 0 Å². The molecule has 0 radical (unpaired) electrons. The van der Waals surface area contributed by atoms with E-state index in [0.29, 0.717) is 0 Å². The summed E-state index contributed by atoms with van der Waals surface area (Å²) in [5.41, 5.74) is 2.85. The molecule has 1 saturated heterocycles. The van der Waals surface area contributed by atoms with E-state index in [9.17, 15) is 4.79 Å². The van der Waals surface area contributed by atoms with Gasteiger partial charge >= 0.3 is 0 Å². The van der Waals surface area contributed by atoms with Gasteiger partial charge in [-0.15, -0.1) is 0 Å². The Bertz CT molecular complexity index is 672. The van der Waals surface area contributed by atoms with Gasteiger partial charge in [-0.05, 0) is 43.4 Å². The van der Waals surface area contributed by atoms with Gasteiger partial charge in [0.15, 0.2) is 5.96 Å². The number of nitrogens with one attached hydrogen (secondary N) is 1. The number of hydrogen-bond acceptors (Lipinski definition) is 3. The molecule has 3 rings (SSSR count). The molecule has 6 heteroatoms. The molecule has 1 amide bonds. The van der Waals surface area contributed by atoms with Gasteiger partial charge in [-0.1, -0.05) is 24.3 Å². The Morgan fingerprint density at radius 3 is 2.78 bits per heavy atom. The summed E-state index contributed by atoms with van der Waals surface area (Å²) in [7, 11) is 5.55. The Kier molecular flexibility index (Phi) is 6.72. The minimum absolute atomic E-state index is 0.0675. The third-order valence-corrected chi connectivity index (χ3v) is 5.64. The average molecular weight is 372 g/mol. The van der Waals surface area contributed by atoms with Crippen LogP contribution in [0.15, 0.2) is 29.3 Å². The summed E-state index contributed by atoms with van der Waals surface area (Å²) in [5.74, 6) is 1.22. The number of amides is 1. The van der Waals surface area contributed by atoms with Crippen LogP contribution in [0.1, 0.15) is 30.4 Å². The highest BCUT2D eigenvalue weighted by Gasteiger charge is 2.31. The van der Waals surface area contributed by atoms with Gasteiger partial charge in [-0.3, -0.25) is 14.7 Å². The second-order valence-electron chi connectivity index (χ2n) is 7.69. The van der Waals surface area contributed by atoms with Crippen LogP contribution in [0.5, 0.6) is 0 Å². The molecule has 0 aromatic heterocycles. The Morgan fingerprint density at radius 2 is 2.04 bits per heavy atom. The molecule has 1 fully saturated rings. The van der Waals surface area contributed by atoms with Crippen molar-refractivity contribution in [3.63, 3.8) is 0 Å². The van der Waals surface area contributed by atoms with E-state index in [1.807, 2.05) is 21.1 Å². The van der Waals surface area contributed by atoms with E-state index in [1.165, 1.54) is 11.1 Å². The molecule has 1 unspecified atom stereocenters. The minimum Gasteiger partial charge on any atom is -0.356 e. The summed E-state index contributed by atoms with van der Waals surface area (Å²) in [4.78, 5) is 23.2. The topological polar surface area (TPSA) is 51.2 Å². The van der Waals surface area contributed by atoms with Gasteiger partial charge < -0.3 is 15.1 Å². The zero-order chi connectivity index (χ0) is 19.2. The molecule has 0 spiro atoms. The molecule has 1 N–H and O–H groups in total. The number of fused-ring (bicyclic) bond motifs is 1. The van der Waals surface area contributed by atoms with Crippen LogP contribution in [0.3, 0.4) is 0 Å². The normalized spacial score (nSPS) is 20.5. The molecule has 27 heavy (non-hydrogen) atoms. The number of aliphatic imine (C=N–C) groups is 1. The van der Waals surface area contributed by atoms with Gasteiger partial charge in [0.1, 0.15) is 0 Å². The summed E-state index contributed by atoms with van der Waals surface area (Å²) in [6, 6.07) is 8.74. The first-order valence-corrected chi connectivity index (χ1v) is 10.1. The highest BCUT2D eigenvalue weighted by atomic mass is 16.2. The number of carbonyl (C=O) groups excluding carboxylic acids is 1. The predicted molar refractivity (Wildman–Crippen MR) is 110 cm³/mol. The van der Waals surface area contributed by atoms with Crippen LogP contribution in [-0.2, 0) is 17.8 Å². The average Bonchev–Trinajstić information content (AvgIpc) is 3.15. The summed E-state index contributed by atoms with van der Waals surface area (Å²) in [5, 5.41) is 3.51. The summed E-state index contributed by atoms with van der Waals surface area (Å²) < 4.78 is 0. The third-order valence-electron chi connectivity index (χ3n) is 5.64. The van der Waals surface area contributed by atoms with Crippen LogP contribution < -0.4 is 5.32 Å². The number of likely N-dealkylation sites (N-methyl/N-ethyl adjacent to an activating group) is 1. The highest BCUT2D eigenvalue weighted by Crippen LogP contribution is 2.19. The molecule has 1 atom stereocenters. The van der Waals surface area contributed by atoms with Gasteiger partial charge in [0.25, 0.3) is 0 Å². The lowest BCUT2D eigenvalue weighted by Crippen LogP contribution is -2.45.